The third-order valence-electron chi connectivity index (χ3n) is 4.92. The molecule has 2 unspecified atom stereocenters. The zero-order valence-corrected chi connectivity index (χ0v) is 15.0. The van der Waals surface area contributed by atoms with Crippen LogP contribution in [-0.2, 0) is 4.79 Å². The van der Waals surface area contributed by atoms with Gasteiger partial charge in [-0.05, 0) is 62.4 Å². The maximum Gasteiger partial charge on any atom is 0.223 e. The minimum atomic E-state index is -0.361. The Morgan fingerprint density at radius 2 is 2.08 bits per heavy atom. The van der Waals surface area contributed by atoms with Gasteiger partial charge in [0.1, 0.15) is 0 Å². The van der Waals surface area contributed by atoms with E-state index in [0.717, 1.165) is 18.7 Å². The van der Waals surface area contributed by atoms with Gasteiger partial charge in [0, 0.05) is 5.92 Å². The molecular formula is C18H26ClFN2O2. The van der Waals surface area contributed by atoms with Crippen LogP contribution in [0, 0.1) is 23.6 Å². The van der Waals surface area contributed by atoms with Crippen molar-refractivity contribution in [2.45, 2.75) is 32.7 Å². The fourth-order valence-corrected chi connectivity index (χ4v) is 2.70. The molecule has 24 heavy (non-hydrogen) atoms. The maximum atomic E-state index is 14.1. The topological polar surface area (TPSA) is 50.4 Å². The second-order valence-electron chi connectivity index (χ2n) is 6.88. The Bertz CT molecular complexity index is 576. The number of nitrogens with one attached hydrogen (secondary N) is 2. The number of rotatable bonds is 7. The molecule has 0 radical (unpaired) electrons. The number of ether oxygens (including phenoxy) is 1. The second-order valence-corrected chi connectivity index (χ2v) is 6.88. The summed E-state index contributed by atoms with van der Waals surface area (Å²) in [5, 5.41) is 6.15. The summed E-state index contributed by atoms with van der Waals surface area (Å²) in [6.07, 6.45) is 2.36. The lowest BCUT2D eigenvalue weighted by Gasteiger charge is -2.32. The summed E-state index contributed by atoms with van der Waals surface area (Å²) in [5.74, 6) is 0.934. The lowest BCUT2D eigenvalue weighted by atomic mass is 9.88. The summed E-state index contributed by atoms with van der Waals surface area (Å²) in [7, 11) is 0. The minimum Gasteiger partial charge on any atom is -0.490 e. The molecule has 6 heteroatoms. The molecule has 1 saturated carbocycles. The molecule has 2 atom stereocenters. The van der Waals surface area contributed by atoms with Crippen LogP contribution in [0.4, 0.5) is 4.39 Å². The molecule has 3 rings (SSSR count). The Morgan fingerprint density at radius 1 is 1.38 bits per heavy atom. The number of hydrogen-bond donors (Lipinski definition) is 2. The monoisotopic (exact) mass is 356 g/mol. The summed E-state index contributed by atoms with van der Waals surface area (Å²) >= 11 is 0. The van der Waals surface area contributed by atoms with E-state index in [4.69, 9.17) is 4.74 Å². The van der Waals surface area contributed by atoms with Crippen LogP contribution in [-0.4, -0.2) is 25.6 Å². The summed E-state index contributed by atoms with van der Waals surface area (Å²) in [6, 6.07) is 4.73. The van der Waals surface area contributed by atoms with Crippen molar-refractivity contribution in [2.75, 3.05) is 19.7 Å². The van der Waals surface area contributed by atoms with Gasteiger partial charge in [-0.1, -0.05) is 13.0 Å². The van der Waals surface area contributed by atoms with Gasteiger partial charge in [-0.2, -0.15) is 0 Å². The normalized spacial score (nSPS) is 19.6. The van der Waals surface area contributed by atoms with E-state index in [1.165, 1.54) is 18.9 Å². The Morgan fingerprint density at radius 3 is 2.62 bits per heavy atom. The molecule has 0 aromatic heterocycles. The molecule has 134 valence electrons. The van der Waals surface area contributed by atoms with Gasteiger partial charge in [-0.15, -0.1) is 12.4 Å². The van der Waals surface area contributed by atoms with Gasteiger partial charge >= 0.3 is 0 Å². The third kappa shape index (κ3) is 4.61. The highest BCUT2D eigenvalue weighted by molar-refractivity contribution is 5.85. The van der Waals surface area contributed by atoms with Crippen molar-refractivity contribution in [3.63, 3.8) is 0 Å². The van der Waals surface area contributed by atoms with Crippen LogP contribution in [0.3, 0.4) is 0 Å². The maximum absolute atomic E-state index is 14.1. The van der Waals surface area contributed by atoms with Crippen LogP contribution < -0.4 is 15.4 Å². The molecule has 0 spiro atoms. The van der Waals surface area contributed by atoms with E-state index in [9.17, 15) is 9.18 Å². The number of benzene rings is 1. The molecule has 0 bridgehead atoms. The number of halogens is 2. The van der Waals surface area contributed by atoms with E-state index in [0.29, 0.717) is 24.2 Å². The largest absolute Gasteiger partial charge is 0.490 e. The number of amides is 1. The number of carbonyl (C=O) groups is 1. The number of carbonyl (C=O) groups excluding carboxylic acids is 1. The summed E-state index contributed by atoms with van der Waals surface area (Å²) in [6.45, 7) is 6.21. The summed E-state index contributed by atoms with van der Waals surface area (Å²) in [5.41, 5.74) is 0.758. The lowest BCUT2D eigenvalue weighted by Crippen LogP contribution is -2.49. The van der Waals surface area contributed by atoms with Gasteiger partial charge in [-0.3, -0.25) is 4.79 Å². The van der Waals surface area contributed by atoms with Crippen molar-refractivity contribution in [1.29, 1.82) is 0 Å². The predicted molar refractivity (Wildman–Crippen MR) is 93.9 cm³/mol. The van der Waals surface area contributed by atoms with Gasteiger partial charge in [0.2, 0.25) is 5.91 Å². The average Bonchev–Trinajstić information content (AvgIpc) is 3.28. The first kappa shape index (κ1) is 19.0. The smallest absolute Gasteiger partial charge is 0.223 e. The van der Waals surface area contributed by atoms with E-state index >= 15 is 0 Å². The molecule has 1 aromatic carbocycles. The highest BCUT2D eigenvalue weighted by atomic mass is 35.5. The quantitative estimate of drug-likeness (QED) is 0.789. The van der Waals surface area contributed by atoms with Crippen LogP contribution in [0.1, 0.15) is 38.3 Å². The lowest BCUT2D eigenvalue weighted by molar-refractivity contribution is -0.127. The summed E-state index contributed by atoms with van der Waals surface area (Å²) in [4.78, 5) is 12.2. The van der Waals surface area contributed by atoms with Crippen molar-refractivity contribution in [3.8, 4) is 5.75 Å². The molecule has 1 saturated heterocycles. The number of hydrogen-bond acceptors (Lipinski definition) is 3. The highest BCUT2D eigenvalue weighted by Crippen LogP contribution is 2.30. The van der Waals surface area contributed by atoms with E-state index in [1.54, 1.807) is 6.07 Å². The van der Waals surface area contributed by atoms with Crippen molar-refractivity contribution >= 4 is 18.3 Å². The second kappa shape index (κ2) is 8.17. The Labute approximate surface area is 148 Å². The van der Waals surface area contributed by atoms with Crippen molar-refractivity contribution in [1.82, 2.24) is 10.6 Å². The van der Waals surface area contributed by atoms with Crippen LogP contribution in [0.2, 0.25) is 0 Å². The molecule has 1 aliphatic heterocycles. The molecule has 1 amide bonds. The third-order valence-corrected chi connectivity index (χ3v) is 4.92. The predicted octanol–water partition coefficient (Wildman–Crippen LogP) is 3.07. The molecule has 2 fully saturated rings. The van der Waals surface area contributed by atoms with Crippen molar-refractivity contribution in [2.24, 2.45) is 17.8 Å². The average molecular weight is 357 g/mol. The van der Waals surface area contributed by atoms with Crippen molar-refractivity contribution < 1.29 is 13.9 Å². The SMILES string of the molecule is CC(NC(=O)C(C)C1CNC1)c1ccc(OCC2CC2)c(F)c1.Cl. The molecular weight excluding hydrogens is 331 g/mol. The van der Waals surface area contributed by atoms with Gasteiger partial charge < -0.3 is 15.4 Å². The van der Waals surface area contributed by atoms with Crippen LogP contribution in [0.5, 0.6) is 5.75 Å². The molecule has 1 heterocycles. The van der Waals surface area contributed by atoms with E-state index < -0.39 is 0 Å². The fourth-order valence-electron chi connectivity index (χ4n) is 2.70. The van der Waals surface area contributed by atoms with E-state index in [2.05, 4.69) is 10.6 Å². The minimum absolute atomic E-state index is 0. The Hall–Kier alpha value is -1.33. The first-order chi connectivity index (χ1) is 11.0. The van der Waals surface area contributed by atoms with Crippen LogP contribution in [0.25, 0.3) is 0 Å². The summed E-state index contributed by atoms with van der Waals surface area (Å²) < 4.78 is 19.6. The van der Waals surface area contributed by atoms with Crippen LogP contribution in [0.15, 0.2) is 18.2 Å². The van der Waals surface area contributed by atoms with Crippen molar-refractivity contribution in [3.05, 3.63) is 29.6 Å². The molecule has 2 aliphatic rings. The fraction of sp³-hybridized carbons (Fsp3) is 0.611. The van der Waals surface area contributed by atoms with Gasteiger partial charge in [0.15, 0.2) is 11.6 Å². The molecule has 1 aliphatic carbocycles. The molecule has 4 nitrogen and oxygen atoms in total. The van der Waals surface area contributed by atoms with Gasteiger partial charge in [-0.25, -0.2) is 4.39 Å². The Balaban J connectivity index is 0.00000208. The van der Waals surface area contributed by atoms with E-state index in [1.807, 2.05) is 19.9 Å². The Kier molecular flexibility index (Phi) is 6.47. The zero-order chi connectivity index (χ0) is 16.4. The zero-order valence-electron chi connectivity index (χ0n) is 14.2. The molecule has 1 aromatic rings. The van der Waals surface area contributed by atoms with Crippen LogP contribution >= 0.6 is 12.4 Å². The standard InChI is InChI=1S/C18H25FN2O2.ClH/c1-11(15-8-20-9-15)18(22)21-12(2)14-5-6-17(16(19)7-14)23-10-13-3-4-13;/h5-7,11-13,15,20H,3-4,8-10H2,1-2H3,(H,21,22);1H. The van der Waals surface area contributed by atoms with Gasteiger partial charge in [0.25, 0.3) is 0 Å². The first-order valence-corrected chi connectivity index (χ1v) is 8.48. The highest BCUT2D eigenvalue weighted by Gasteiger charge is 2.29. The van der Waals surface area contributed by atoms with Gasteiger partial charge in [0.05, 0.1) is 12.6 Å². The van der Waals surface area contributed by atoms with E-state index in [-0.39, 0.29) is 36.1 Å². The molecule has 2 N–H and O–H groups in total. The first-order valence-electron chi connectivity index (χ1n) is 8.48.